The quantitative estimate of drug-likeness (QED) is 0.114. The molecule has 0 radical (unpaired) electrons. The number of amides is 1. The number of non-ortho nitro benzene ring substituents is 1. The standard InChI is InChI=1S/C24H24N2O9/c1-35-18-13-15(8-11-17(18)27)21-20(22(30)14-6-9-16(10-7-14)26(33)34)23(31)24(32)25(21)12-4-2-3-5-19(28)29/h6-11,13,21,27,30H,2-5,12H2,1H3,(H,28,29). The minimum Gasteiger partial charge on any atom is -0.507 e. The number of nitrogens with zero attached hydrogens (tertiary/aromatic N) is 2. The zero-order valence-corrected chi connectivity index (χ0v) is 18.8. The fraction of sp³-hybridized carbons (Fsp3) is 0.292. The van der Waals surface area contributed by atoms with Gasteiger partial charge in [0.05, 0.1) is 23.6 Å². The highest BCUT2D eigenvalue weighted by Gasteiger charge is 2.46. The van der Waals surface area contributed by atoms with Crippen molar-refractivity contribution in [1.29, 1.82) is 0 Å². The number of nitro benzene ring substituents is 1. The first-order chi connectivity index (χ1) is 16.6. The topological polar surface area (TPSA) is 168 Å². The fourth-order valence-corrected chi connectivity index (χ4v) is 3.95. The number of ketones is 1. The number of methoxy groups -OCH3 is 1. The molecule has 1 atom stereocenters. The van der Waals surface area contributed by atoms with Crippen LogP contribution in [0.1, 0.15) is 42.9 Å². The number of aliphatic carboxylic acids is 1. The summed E-state index contributed by atoms with van der Waals surface area (Å²) in [6.07, 6.45) is 1.31. The molecule has 0 aliphatic carbocycles. The lowest BCUT2D eigenvalue weighted by molar-refractivity contribution is -0.384. The molecule has 1 fully saturated rings. The molecule has 2 aromatic rings. The molecule has 11 nitrogen and oxygen atoms in total. The zero-order valence-electron chi connectivity index (χ0n) is 18.8. The van der Waals surface area contributed by atoms with E-state index in [4.69, 9.17) is 9.84 Å². The summed E-state index contributed by atoms with van der Waals surface area (Å²) in [5.74, 6) is -3.25. The number of benzene rings is 2. The molecule has 1 unspecified atom stereocenters. The van der Waals surface area contributed by atoms with Crippen LogP contribution < -0.4 is 4.74 Å². The maximum atomic E-state index is 13.0. The number of unbranched alkanes of at least 4 members (excludes halogenated alkanes) is 2. The molecule has 11 heteroatoms. The summed E-state index contributed by atoms with van der Waals surface area (Å²) in [6.45, 7) is 0.120. The van der Waals surface area contributed by atoms with Crippen LogP contribution in [0.5, 0.6) is 11.5 Å². The summed E-state index contributed by atoms with van der Waals surface area (Å²) in [4.78, 5) is 48.3. The summed E-state index contributed by atoms with van der Waals surface area (Å²) in [7, 11) is 1.34. The van der Waals surface area contributed by atoms with E-state index in [1.807, 2.05) is 0 Å². The third kappa shape index (κ3) is 5.40. The Morgan fingerprint density at radius 2 is 1.77 bits per heavy atom. The van der Waals surface area contributed by atoms with Gasteiger partial charge in [-0.2, -0.15) is 0 Å². The van der Waals surface area contributed by atoms with Gasteiger partial charge in [-0.25, -0.2) is 0 Å². The van der Waals surface area contributed by atoms with Crippen LogP contribution in [0.3, 0.4) is 0 Å². The highest BCUT2D eigenvalue weighted by molar-refractivity contribution is 6.46. The molecule has 184 valence electrons. The number of ether oxygens (including phenoxy) is 1. The summed E-state index contributed by atoms with van der Waals surface area (Å²) in [6, 6.07) is 8.18. The van der Waals surface area contributed by atoms with Gasteiger partial charge in [0, 0.05) is 30.7 Å². The summed E-state index contributed by atoms with van der Waals surface area (Å²) in [5.41, 5.74) is 0.101. The number of aliphatic hydroxyl groups is 1. The third-order valence-electron chi connectivity index (χ3n) is 5.70. The molecule has 3 rings (SSSR count). The number of hydrogen-bond donors (Lipinski definition) is 3. The Labute approximate surface area is 200 Å². The Morgan fingerprint density at radius 1 is 1.09 bits per heavy atom. The molecule has 2 aromatic carbocycles. The van der Waals surface area contributed by atoms with Crippen molar-refractivity contribution in [3.05, 3.63) is 69.3 Å². The lowest BCUT2D eigenvalue weighted by Gasteiger charge is -2.25. The Bertz CT molecular complexity index is 1190. The van der Waals surface area contributed by atoms with Crippen molar-refractivity contribution in [1.82, 2.24) is 4.90 Å². The number of carbonyl (C=O) groups is 3. The second-order valence-corrected chi connectivity index (χ2v) is 7.93. The summed E-state index contributed by atoms with van der Waals surface area (Å²) < 4.78 is 5.15. The van der Waals surface area contributed by atoms with Crippen LogP contribution in [0.25, 0.3) is 5.76 Å². The maximum Gasteiger partial charge on any atom is 0.303 e. The average molecular weight is 484 g/mol. The number of likely N-dealkylation sites (tertiary alicyclic amines) is 1. The molecular weight excluding hydrogens is 460 g/mol. The number of phenolic OH excluding ortho intramolecular Hbond substituents is 1. The number of hydrogen-bond acceptors (Lipinski definition) is 8. The lowest BCUT2D eigenvalue weighted by atomic mass is 9.94. The molecule has 1 amide bonds. The zero-order chi connectivity index (χ0) is 25.7. The number of aromatic hydroxyl groups is 1. The Hall–Kier alpha value is -4.41. The van der Waals surface area contributed by atoms with Crippen LogP contribution in [0.2, 0.25) is 0 Å². The number of carboxylic acid groups (broad SMARTS) is 1. The van der Waals surface area contributed by atoms with Crippen molar-refractivity contribution in [2.24, 2.45) is 0 Å². The molecule has 1 aliphatic heterocycles. The third-order valence-corrected chi connectivity index (χ3v) is 5.70. The van der Waals surface area contributed by atoms with E-state index in [1.165, 1.54) is 54.5 Å². The number of phenols is 1. The van der Waals surface area contributed by atoms with Crippen molar-refractivity contribution in [3.63, 3.8) is 0 Å². The number of Topliss-reactive ketones (excluding diaryl/α,β-unsaturated/α-hetero) is 1. The molecular formula is C24H24N2O9. The lowest BCUT2D eigenvalue weighted by Crippen LogP contribution is -2.30. The number of aliphatic hydroxyl groups excluding tert-OH is 1. The van der Waals surface area contributed by atoms with Crippen molar-refractivity contribution in [2.45, 2.75) is 31.7 Å². The van der Waals surface area contributed by atoms with Gasteiger partial charge in [0.15, 0.2) is 11.5 Å². The second kappa shape index (κ2) is 10.7. The number of carboxylic acids is 1. The Balaban J connectivity index is 2.04. The van der Waals surface area contributed by atoms with E-state index in [-0.39, 0.29) is 41.3 Å². The first-order valence-electron chi connectivity index (χ1n) is 10.8. The van der Waals surface area contributed by atoms with Gasteiger partial charge in [0.1, 0.15) is 5.76 Å². The van der Waals surface area contributed by atoms with Crippen LogP contribution in [0, 0.1) is 10.1 Å². The number of carbonyl (C=O) groups excluding carboxylic acids is 2. The number of nitro groups is 1. The molecule has 3 N–H and O–H groups in total. The SMILES string of the molecule is COc1cc(C2C(=C(O)c3ccc([N+](=O)[O-])cc3)C(=O)C(=O)N2CCCCCC(=O)O)ccc1O. The van der Waals surface area contributed by atoms with Crippen molar-refractivity contribution < 1.29 is 39.4 Å². The van der Waals surface area contributed by atoms with E-state index in [9.17, 15) is 34.7 Å². The highest BCUT2D eigenvalue weighted by Crippen LogP contribution is 2.42. The highest BCUT2D eigenvalue weighted by atomic mass is 16.6. The molecule has 1 heterocycles. The summed E-state index contributed by atoms with van der Waals surface area (Å²) in [5, 5.41) is 40.7. The van der Waals surface area contributed by atoms with Gasteiger partial charge in [-0.1, -0.05) is 12.5 Å². The van der Waals surface area contributed by atoms with Gasteiger partial charge in [-0.3, -0.25) is 24.5 Å². The first-order valence-corrected chi connectivity index (χ1v) is 10.8. The minimum absolute atomic E-state index is 0.0163. The first kappa shape index (κ1) is 25.2. The van der Waals surface area contributed by atoms with Crippen LogP contribution in [-0.4, -0.2) is 56.5 Å². The maximum absolute atomic E-state index is 13.0. The van der Waals surface area contributed by atoms with E-state index < -0.39 is 34.4 Å². The van der Waals surface area contributed by atoms with Crippen molar-refractivity contribution in [2.75, 3.05) is 13.7 Å². The van der Waals surface area contributed by atoms with Crippen LogP contribution in [0.15, 0.2) is 48.0 Å². The van der Waals surface area contributed by atoms with E-state index in [0.29, 0.717) is 24.8 Å². The van der Waals surface area contributed by atoms with E-state index in [1.54, 1.807) is 0 Å². The largest absolute Gasteiger partial charge is 0.507 e. The Kier molecular flexibility index (Phi) is 7.69. The van der Waals surface area contributed by atoms with Gasteiger partial charge >= 0.3 is 5.97 Å². The molecule has 1 aliphatic rings. The van der Waals surface area contributed by atoms with Crippen LogP contribution >= 0.6 is 0 Å². The minimum atomic E-state index is -1.01. The normalized spacial score (nSPS) is 16.9. The monoisotopic (exact) mass is 484 g/mol. The van der Waals surface area contributed by atoms with Crippen LogP contribution in [-0.2, 0) is 14.4 Å². The van der Waals surface area contributed by atoms with Gasteiger partial charge in [-0.15, -0.1) is 0 Å². The molecule has 0 spiro atoms. The molecule has 0 aromatic heterocycles. The van der Waals surface area contributed by atoms with Crippen molar-refractivity contribution in [3.8, 4) is 11.5 Å². The van der Waals surface area contributed by atoms with Crippen molar-refractivity contribution >= 4 is 29.1 Å². The summed E-state index contributed by atoms with van der Waals surface area (Å²) >= 11 is 0. The smallest absolute Gasteiger partial charge is 0.303 e. The molecule has 35 heavy (non-hydrogen) atoms. The number of rotatable bonds is 10. The Morgan fingerprint density at radius 3 is 2.37 bits per heavy atom. The van der Waals surface area contributed by atoms with Crippen LogP contribution in [0.4, 0.5) is 5.69 Å². The molecule has 1 saturated heterocycles. The second-order valence-electron chi connectivity index (χ2n) is 7.93. The van der Waals surface area contributed by atoms with Gasteiger partial charge in [0.2, 0.25) is 0 Å². The predicted molar refractivity (Wildman–Crippen MR) is 123 cm³/mol. The van der Waals surface area contributed by atoms with E-state index in [2.05, 4.69) is 0 Å². The van der Waals surface area contributed by atoms with E-state index >= 15 is 0 Å². The molecule has 0 bridgehead atoms. The molecule has 0 saturated carbocycles. The van der Waals surface area contributed by atoms with Gasteiger partial charge in [-0.05, 0) is 42.7 Å². The van der Waals surface area contributed by atoms with Gasteiger partial charge in [0.25, 0.3) is 17.4 Å². The van der Waals surface area contributed by atoms with E-state index in [0.717, 1.165) is 0 Å². The average Bonchev–Trinajstić information content (AvgIpc) is 3.08. The van der Waals surface area contributed by atoms with Gasteiger partial charge < -0.3 is 25.0 Å². The predicted octanol–water partition coefficient (Wildman–Crippen LogP) is 3.38. The fourth-order valence-electron chi connectivity index (χ4n) is 3.95.